The summed E-state index contributed by atoms with van der Waals surface area (Å²) in [5, 5.41) is 0. The van der Waals surface area contributed by atoms with Crippen molar-refractivity contribution in [3.8, 4) is 0 Å². The lowest BCUT2D eigenvalue weighted by molar-refractivity contribution is -0.145. The van der Waals surface area contributed by atoms with Gasteiger partial charge in [0.1, 0.15) is 12.4 Å². The van der Waals surface area contributed by atoms with Crippen LogP contribution in [0.1, 0.15) is 34.7 Å². The number of carbonyl (C=O) groups is 3. The number of aryl methyl sites for hydroxylation is 2. The van der Waals surface area contributed by atoms with Gasteiger partial charge in [0.25, 0.3) is 5.91 Å². The van der Waals surface area contributed by atoms with E-state index in [1.54, 1.807) is 43.9 Å². The quantitative estimate of drug-likeness (QED) is 0.772. The highest BCUT2D eigenvalue weighted by Crippen LogP contribution is 2.30. The summed E-state index contributed by atoms with van der Waals surface area (Å²) in [6, 6.07) is -0.124. The van der Waals surface area contributed by atoms with Gasteiger partial charge in [-0.25, -0.2) is 9.97 Å². The van der Waals surface area contributed by atoms with Crippen LogP contribution in [0.25, 0.3) is 0 Å². The molecule has 3 aliphatic rings. The second-order valence-corrected chi connectivity index (χ2v) is 7.31. The maximum atomic E-state index is 13.0. The standard InChI is InChI=1S/C18H25N5O3/c1-11-15(7-19-12(2)20-11)18(26)22-8-13-5-6-14(9-22)23(17(13)25)10-16(24)21(3)4/h7,13-14H,5-6,8-10H2,1-4H3/t13-,14+/m0/s1. The Balaban J connectivity index is 1.82. The Morgan fingerprint density at radius 3 is 2.62 bits per heavy atom. The average Bonchev–Trinajstić information content (AvgIpc) is 2.87. The lowest BCUT2D eigenvalue weighted by Crippen LogP contribution is -2.51. The highest BCUT2D eigenvalue weighted by Gasteiger charge is 2.42. The predicted octanol–water partition coefficient (Wildman–Crippen LogP) is 0.245. The summed E-state index contributed by atoms with van der Waals surface area (Å²) in [5.74, 6) is 0.0982. The Kier molecular flexibility index (Phi) is 4.93. The minimum absolute atomic E-state index is 0.0244. The molecule has 4 rings (SSSR count). The van der Waals surface area contributed by atoms with Crippen molar-refractivity contribution in [2.45, 2.75) is 32.7 Å². The molecule has 0 spiro atoms. The van der Waals surface area contributed by atoms with Crippen LogP contribution in [-0.2, 0) is 9.59 Å². The van der Waals surface area contributed by atoms with E-state index in [9.17, 15) is 14.4 Å². The Morgan fingerprint density at radius 1 is 1.23 bits per heavy atom. The first-order chi connectivity index (χ1) is 12.3. The van der Waals surface area contributed by atoms with Crippen molar-refractivity contribution in [1.82, 2.24) is 24.7 Å². The van der Waals surface area contributed by atoms with Crippen LogP contribution in [0.5, 0.6) is 0 Å². The second kappa shape index (κ2) is 7.01. The van der Waals surface area contributed by atoms with Crippen LogP contribution in [0.4, 0.5) is 0 Å². The van der Waals surface area contributed by atoms with E-state index in [2.05, 4.69) is 9.97 Å². The molecule has 0 radical (unpaired) electrons. The number of fused-ring (bicyclic) bond motifs is 4. The van der Waals surface area contributed by atoms with Gasteiger partial charge in [0.05, 0.1) is 17.2 Å². The van der Waals surface area contributed by atoms with E-state index in [1.165, 1.54) is 4.90 Å². The lowest BCUT2D eigenvalue weighted by atomic mass is 9.94. The zero-order valence-electron chi connectivity index (χ0n) is 15.7. The third-order valence-electron chi connectivity index (χ3n) is 5.22. The van der Waals surface area contributed by atoms with Gasteiger partial charge < -0.3 is 14.7 Å². The van der Waals surface area contributed by atoms with Crippen molar-refractivity contribution in [3.05, 3.63) is 23.3 Å². The summed E-state index contributed by atoms with van der Waals surface area (Å²) in [4.78, 5) is 51.1. The summed E-state index contributed by atoms with van der Waals surface area (Å²) in [6.07, 6.45) is 3.12. The van der Waals surface area contributed by atoms with Crippen molar-refractivity contribution in [2.75, 3.05) is 33.7 Å². The van der Waals surface area contributed by atoms with Gasteiger partial charge in [-0.2, -0.15) is 0 Å². The molecule has 3 fully saturated rings. The molecule has 0 unspecified atom stereocenters. The van der Waals surface area contributed by atoms with Crippen LogP contribution in [0.2, 0.25) is 0 Å². The summed E-state index contributed by atoms with van der Waals surface area (Å²) < 4.78 is 0. The molecule has 140 valence electrons. The lowest BCUT2D eigenvalue weighted by Gasteiger charge is -2.35. The molecule has 4 heterocycles. The number of likely N-dealkylation sites (N-methyl/N-ethyl adjacent to an activating group) is 1. The van der Waals surface area contributed by atoms with Crippen molar-refractivity contribution >= 4 is 17.7 Å². The smallest absolute Gasteiger partial charge is 0.257 e. The van der Waals surface area contributed by atoms with E-state index >= 15 is 0 Å². The van der Waals surface area contributed by atoms with Gasteiger partial charge in [0.2, 0.25) is 11.8 Å². The maximum absolute atomic E-state index is 13.0. The Hall–Kier alpha value is -2.51. The number of aromatic nitrogens is 2. The Labute approximate surface area is 153 Å². The van der Waals surface area contributed by atoms with Crippen LogP contribution in [0.15, 0.2) is 6.20 Å². The van der Waals surface area contributed by atoms with Crippen molar-refractivity contribution in [2.24, 2.45) is 5.92 Å². The van der Waals surface area contributed by atoms with Crippen LogP contribution in [0.3, 0.4) is 0 Å². The highest BCUT2D eigenvalue weighted by molar-refractivity contribution is 5.96. The fraction of sp³-hybridized carbons (Fsp3) is 0.611. The monoisotopic (exact) mass is 359 g/mol. The second-order valence-electron chi connectivity index (χ2n) is 7.31. The van der Waals surface area contributed by atoms with Crippen molar-refractivity contribution in [3.63, 3.8) is 0 Å². The van der Waals surface area contributed by atoms with Crippen LogP contribution < -0.4 is 0 Å². The first-order valence-electron chi connectivity index (χ1n) is 8.88. The fourth-order valence-corrected chi connectivity index (χ4v) is 3.67. The van der Waals surface area contributed by atoms with E-state index in [0.29, 0.717) is 30.2 Å². The zero-order chi connectivity index (χ0) is 19.0. The average molecular weight is 359 g/mol. The number of piperidine rings is 1. The molecular weight excluding hydrogens is 334 g/mol. The molecule has 1 aromatic rings. The van der Waals surface area contributed by atoms with Crippen LogP contribution in [0, 0.1) is 19.8 Å². The Morgan fingerprint density at radius 2 is 1.96 bits per heavy atom. The molecule has 8 heteroatoms. The molecule has 3 saturated heterocycles. The number of hydrogen-bond donors (Lipinski definition) is 0. The molecule has 0 aromatic carbocycles. The molecule has 2 bridgehead atoms. The summed E-state index contributed by atoms with van der Waals surface area (Å²) in [6.45, 7) is 4.47. The fourth-order valence-electron chi connectivity index (χ4n) is 3.67. The molecule has 0 N–H and O–H groups in total. The molecule has 3 aliphatic heterocycles. The minimum atomic E-state index is -0.251. The minimum Gasteiger partial charge on any atom is -0.347 e. The zero-order valence-corrected chi connectivity index (χ0v) is 15.7. The molecule has 26 heavy (non-hydrogen) atoms. The molecule has 2 atom stereocenters. The largest absolute Gasteiger partial charge is 0.347 e. The molecule has 3 amide bonds. The maximum Gasteiger partial charge on any atom is 0.257 e. The van der Waals surface area contributed by atoms with Gasteiger partial charge in [-0.1, -0.05) is 0 Å². The topological polar surface area (TPSA) is 86.7 Å². The number of rotatable bonds is 3. The number of nitrogens with zero attached hydrogens (tertiary/aromatic N) is 5. The van der Waals surface area contributed by atoms with E-state index in [-0.39, 0.29) is 36.2 Å². The number of amides is 3. The summed E-state index contributed by atoms with van der Waals surface area (Å²) >= 11 is 0. The van der Waals surface area contributed by atoms with Gasteiger partial charge >= 0.3 is 0 Å². The van der Waals surface area contributed by atoms with Crippen molar-refractivity contribution < 1.29 is 14.4 Å². The third-order valence-corrected chi connectivity index (χ3v) is 5.22. The van der Waals surface area contributed by atoms with E-state index in [1.807, 2.05) is 0 Å². The van der Waals surface area contributed by atoms with Gasteiger partial charge in [-0.15, -0.1) is 0 Å². The molecule has 1 aromatic heterocycles. The Bertz CT molecular complexity index is 748. The summed E-state index contributed by atoms with van der Waals surface area (Å²) in [7, 11) is 3.36. The molecular formula is C18H25N5O3. The van der Waals surface area contributed by atoms with E-state index in [0.717, 1.165) is 12.8 Å². The highest BCUT2D eigenvalue weighted by atomic mass is 16.2. The van der Waals surface area contributed by atoms with Gasteiger partial charge in [-0.3, -0.25) is 14.4 Å². The first-order valence-corrected chi connectivity index (χ1v) is 8.88. The normalized spacial score (nSPS) is 22.4. The molecule has 8 nitrogen and oxygen atoms in total. The van der Waals surface area contributed by atoms with E-state index in [4.69, 9.17) is 0 Å². The predicted molar refractivity (Wildman–Crippen MR) is 94.3 cm³/mol. The number of hydrogen-bond acceptors (Lipinski definition) is 5. The summed E-state index contributed by atoms with van der Waals surface area (Å²) in [5.41, 5.74) is 1.12. The van der Waals surface area contributed by atoms with Gasteiger partial charge in [0.15, 0.2) is 0 Å². The van der Waals surface area contributed by atoms with E-state index < -0.39 is 0 Å². The van der Waals surface area contributed by atoms with Crippen LogP contribution >= 0.6 is 0 Å². The van der Waals surface area contributed by atoms with Crippen molar-refractivity contribution in [1.29, 1.82) is 0 Å². The first kappa shape index (κ1) is 18.3. The molecule has 0 saturated carbocycles. The SMILES string of the molecule is Cc1ncc(C(=O)N2C[C@@H]3CC[C@H](C2)N(CC(=O)N(C)C)C3=O)c(C)n1. The number of carbonyl (C=O) groups excluding carboxylic acids is 3. The van der Waals surface area contributed by atoms with Gasteiger partial charge in [0, 0.05) is 39.4 Å². The van der Waals surface area contributed by atoms with Gasteiger partial charge in [-0.05, 0) is 26.7 Å². The molecule has 0 aliphatic carbocycles. The third kappa shape index (κ3) is 3.40. The van der Waals surface area contributed by atoms with Crippen LogP contribution in [-0.4, -0.2) is 82.2 Å².